The van der Waals surface area contributed by atoms with Crippen LogP contribution >= 0.6 is 22.7 Å². The van der Waals surface area contributed by atoms with Crippen molar-refractivity contribution >= 4 is 136 Å². The van der Waals surface area contributed by atoms with Gasteiger partial charge in [0.25, 0.3) is 0 Å². The van der Waals surface area contributed by atoms with Crippen LogP contribution in [0.5, 0.6) is 0 Å². The molecule has 8 aromatic carbocycles. The molecule has 0 spiro atoms. The second-order valence-corrected chi connectivity index (χ2v) is 26.1. The van der Waals surface area contributed by atoms with E-state index in [2.05, 4.69) is 214 Å². The third-order valence-electron chi connectivity index (χ3n) is 16.4. The smallest absolute Gasteiger partial charge is 0.197 e. The van der Waals surface area contributed by atoms with Gasteiger partial charge in [-0.1, -0.05) is 135 Å². The number of anilines is 2. The van der Waals surface area contributed by atoms with Gasteiger partial charge in [-0.05, 0) is 140 Å². The fourth-order valence-corrected chi connectivity index (χ4v) is 14.5. The highest BCUT2D eigenvalue weighted by molar-refractivity contribution is 7.26. The van der Waals surface area contributed by atoms with Crippen LogP contribution in [0.2, 0.25) is 0 Å². The van der Waals surface area contributed by atoms with Crippen LogP contribution in [0.25, 0.3) is 101 Å². The molecule has 70 heavy (non-hydrogen) atoms. The first-order chi connectivity index (χ1) is 33.4. The van der Waals surface area contributed by atoms with Gasteiger partial charge >= 0.3 is 0 Å². The number of hydrogen-bond acceptors (Lipinski definition) is 4. The summed E-state index contributed by atoms with van der Waals surface area (Å²) in [5, 5.41) is 14.0. The van der Waals surface area contributed by atoms with E-state index in [0.717, 1.165) is 33.3 Å². The molecule has 4 aromatic heterocycles. The molecule has 5 heterocycles. The maximum absolute atomic E-state index is 7.30. The summed E-state index contributed by atoms with van der Waals surface area (Å²) in [7, 11) is 2.52. The number of aromatic nitrogens is 1. The van der Waals surface area contributed by atoms with Crippen molar-refractivity contribution in [1.29, 1.82) is 0 Å². The van der Waals surface area contributed by atoms with E-state index in [4.69, 9.17) is 4.42 Å². The molecular formula is C64H56BN2OS2. The van der Waals surface area contributed by atoms with Crippen LogP contribution in [-0.2, 0) is 21.7 Å². The largest absolute Gasteiger partial charge is 0.455 e. The lowest BCUT2D eigenvalue weighted by molar-refractivity contribution is 0.332. The Labute approximate surface area is 418 Å². The molecule has 1 aliphatic carbocycles. The molecule has 2 aliphatic rings. The Morgan fingerprint density at radius 2 is 1.20 bits per heavy atom. The van der Waals surface area contributed by atoms with Crippen LogP contribution in [0, 0.1) is 0 Å². The van der Waals surface area contributed by atoms with Crippen LogP contribution in [-0.4, -0.2) is 11.8 Å². The zero-order chi connectivity index (χ0) is 48.0. The van der Waals surface area contributed by atoms with Crippen molar-refractivity contribution in [3.8, 4) is 16.8 Å². The molecule has 12 aromatic rings. The third kappa shape index (κ3) is 6.05. The maximum Gasteiger partial charge on any atom is 0.197 e. The molecule has 0 bridgehead atoms. The molecule has 0 fully saturated rings. The molecule has 1 radical (unpaired) electrons. The van der Waals surface area contributed by atoms with Crippen molar-refractivity contribution in [3.05, 3.63) is 150 Å². The first-order valence-corrected chi connectivity index (χ1v) is 26.7. The molecule has 0 saturated carbocycles. The van der Waals surface area contributed by atoms with E-state index in [1.54, 1.807) is 0 Å². The minimum Gasteiger partial charge on any atom is -0.455 e. The lowest BCUT2D eigenvalue weighted by atomic mass is 9.58. The van der Waals surface area contributed by atoms with E-state index in [9.17, 15) is 0 Å². The van der Waals surface area contributed by atoms with Crippen molar-refractivity contribution in [2.45, 2.75) is 104 Å². The van der Waals surface area contributed by atoms with Crippen LogP contribution in [0.4, 0.5) is 11.4 Å². The standard InChI is InChI=1S/C64H56BN2OS2/c1-61(2,3)34-19-22-36(23-20-34)66-47-32-53-39(40-29-44-45(31-52(40)70-53)64(9,10)26-25-63(44,7)8)28-42(47)55-56-38-16-11-13-17-50(38)68-60(56)57-43-27-35(62(4,5)6)21-24-48(43)67-49-33-54-41(30-46(49)65-58(55)59(57)67)37-15-12-14-18-51(37)69-54/h11-24,27-33,66H,25-26H2,1-10H3. The molecule has 1 aliphatic heterocycles. The van der Waals surface area contributed by atoms with Gasteiger partial charge in [0.1, 0.15) is 11.2 Å². The Balaban J connectivity index is 1.15. The zero-order valence-corrected chi connectivity index (χ0v) is 43.4. The summed E-state index contributed by atoms with van der Waals surface area (Å²) in [5.74, 6) is 0. The van der Waals surface area contributed by atoms with Crippen molar-refractivity contribution in [1.82, 2.24) is 4.57 Å². The predicted molar refractivity (Wildman–Crippen MR) is 307 cm³/mol. The topological polar surface area (TPSA) is 30.1 Å². The van der Waals surface area contributed by atoms with Crippen molar-refractivity contribution < 1.29 is 4.42 Å². The minimum absolute atomic E-state index is 0.0413. The van der Waals surface area contributed by atoms with Gasteiger partial charge in [-0.2, -0.15) is 0 Å². The molecule has 0 saturated heterocycles. The number of benzene rings is 8. The SMILES string of the molecule is CC(C)(C)c1ccc(Nc2cc3sc4cc5c(cc4c3cc2-c2c3c4c(c6cc(C(C)(C)C)ccc6n4-c4cc6sc7ccccc7c6cc4[B]3)c3oc4ccccc4c23)C(C)(C)CCC5(C)C)cc1. The number of rotatable bonds is 3. The van der Waals surface area contributed by atoms with E-state index in [-0.39, 0.29) is 21.7 Å². The third-order valence-corrected chi connectivity index (χ3v) is 18.6. The van der Waals surface area contributed by atoms with Gasteiger partial charge in [-0.15, -0.1) is 22.7 Å². The zero-order valence-electron chi connectivity index (χ0n) is 41.8. The molecule has 0 amide bonds. The maximum atomic E-state index is 7.30. The molecule has 3 nitrogen and oxygen atoms in total. The highest BCUT2D eigenvalue weighted by Gasteiger charge is 2.38. The van der Waals surface area contributed by atoms with Gasteiger partial charge in [0.05, 0.1) is 16.4 Å². The second-order valence-electron chi connectivity index (χ2n) is 23.9. The number of thiophene rings is 2. The first kappa shape index (κ1) is 42.5. The van der Waals surface area contributed by atoms with Crippen molar-refractivity contribution in [2.24, 2.45) is 0 Å². The number of nitrogens with zero attached hydrogens (tertiary/aromatic N) is 1. The van der Waals surface area contributed by atoms with Crippen LogP contribution in [0.1, 0.15) is 104 Å². The molecule has 1 N–H and O–H groups in total. The van der Waals surface area contributed by atoms with Gasteiger partial charge in [-0.3, -0.25) is 0 Å². The highest BCUT2D eigenvalue weighted by atomic mass is 32.1. The second kappa shape index (κ2) is 14.2. The van der Waals surface area contributed by atoms with Crippen LogP contribution in [0.3, 0.4) is 0 Å². The number of fused-ring (bicyclic) bond motifs is 16. The van der Waals surface area contributed by atoms with E-state index in [1.165, 1.54) is 125 Å². The van der Waals surface area contributed by atoms with Gasteiger partial charge in [0, 0.05) is 73.7 Å². The van der Waals surface area contributed by atoms with Crippen molar-refractivity contribution in [2.75, 3.05) is 5.32 Å². The molecule has 14 rings (SSSR count). The Bertz CT molecular complexity index is 4250. The average molecular weight is 944 g/mol. The Morgan fingerprint density at radius 3 is 1.96 bits per heavy atom. The van der Waals surface area contributed by atoms with E-state index < -0.39 is 0 Å². The summed E-state index contributed by atoms with van der Waals surface area (Å²) >= 11 is 3.82. The molecule has 0 unspecified atom stereocenters. The summed E-state index contributed by atoms with van der Waals surface area (Å²) in [6.07, 6.45) is 2.37. The fraction of sp³-hybridized carbons (Fsp3) is 0.250. The summed E-state index contributed by atoms with van der Waals surface area (Å²) in [4.78, 5) is 0. The minimum atomic E-state index is -0.0413. The highest BCUT2D eigenvalue weighted by Crippen LogP contribution is 2.52. The van der Waals surface area contributed by atoms with Gasteiger partial charge in [0.15, 0.2) is 7.28 Å². The molecule has 343 valence electrons. The Morgan fingerprint density at radius 1 is 0.571 bits per heavy atom. The summed E-state index contributed by atoms with van der Waals surface area (Å²) in [6, 6.07) is 48.9. The fourth-order valence-electron chi connectivity index (χ4n) is 12.3. The summed E-state index contributed by atoms with van der Waals surface area (Å²) in [5.41, 5.74) is 18.3. The number of nitrogens with one attached hydrogen (secondary N) is 1. The quantitative estimate of drug-likeness (QED) is 0.179. The van der Waals surface area contributed by atoms with Crippen molar-refractivity contribution in [3.63, 3.8) is 0 Å². The lowest BCUT2D eigenvalue weighted by Gasteiger charge is -2.41. The monoisotopic (exact) mass is 943 g/mol. The molecule has 6 heteroatoms. The molecule has 0 atom stereocenters. The predicted octanol–water partition coefficient (Wildman–Crippen LogP) is 17.7. The van der Waals surface area contributed by atoms with E-state index >= 15 is 0 Å². The number of hydrogen-bond donors (Lipinski definition) is 1. The van der Waals surface area contributed by atoms with E-state index in [0.29, 0.717) is 0 Å². The van der Waals surface area contributed by atoms with Crippen LogP contribution < -0.4 is 16.2 Å². The molecular weight excluding hydrogens is 888 g/mol. The van der Waals surface area contributed by atoms with Gasteiger partial charge in [-0.25, -0.2) is 0 Å². The normalized spacial score (nSPS) is 15.5. The first-order valence-electron chi connectivity index (χ1n) is 25.1. The number of para-hydroxylation sites is 1. The summed E-state index contributed by atoms with van der Waals surface area (Å²) < 4.78 is 15.1. The lowest BCUT2D eigenvalue weighted by Crippen LogP contribution is -2.37. The van der Waals surface area contributed by atoms with Gasteiger partial charge in [0.2, 0.25) is 0 Å². The van der Waals surface area contributed by atoms with E-state index in [1.807, 2.05) is 22.7 Å². The number of furan rings is 1. The average Bonchev–Trinajstić information content (AvgIpc) is 4.08. The summed E-state index contributed by atoms with van der Waals surface area (Å²) in [6.45, 7) is 23.6. The Kier molecular flexibility index (Phi) is 8.61. The van der Waals surface area contributed by atoms with Gasteiger partial charge < -0.3 is 14.3 Å². The van der Waals surface area contributed by atoms with Crippen LogP contribution in [0.15, 0.2) is 132 Å². The Hall–Kier alpha value is -6.34.